The molecule has 0 aliphatic rings. The molecule has 0 aliphatic heterocycles. The van der Waals surface area contributed by atoms with Crippen LogP contribution in [0.25, 0.3) is 0 Å². The highest BCUT2D eigenvalue weighted by Crippen LogP contribution is 2.10. The van der Waals surface area contributed by atoms with E-state index < -0.39 is 6.04 Å². The Hall–Kier alpha value is -1.39. The van der Waals surface area contributed by atoms with Crippen molar-refractivity contribution in [2.45, 2.75) is 26.1 Å². The Kier molecular flexibility index (Phi) is 5.12. The molecule has 4 nitrogen and oxygen atoms in total. The first kappa shape index (κ1) is 13.7. The summed E-state index contributed by atoms with van der Waals surface area (Å²) >= 11 is 0. The lowest BCUT2D eigenvalue weighted by Gasteiger charge is -2.15. The van der Waals surface area contributed by atoms with Crippen LogP contribution >= 0.6 is 0 Å². The van der Waals surface area contributed by atoms with Gasteiger partial charge in [-0.1, -0.05) is 24.3 Å². The number of nitrogens with one attached hydrogen (secondary N) is 1. The van der Waals surface area contributed by atoms with Gasteiger partial charge in [0.1, 0.15) is 0 Å². The van der Waals surface area contributed by atoms with Gasteiger partial charge in [-0.2, -0.15) is 0 Å². The Balaban J connectivity index is 2.67. The number of hydrogen-bond acceptors (Lipinski definition) is 3. The van der Waals surface area contributed by atoms with E-state index in [1.165, 1.54) is 5.56 Å². The molecule has 94 valence electrons. The molecule has 1 aromatic rings. The number of hydrogen-bond donors (Lipinski definition) is 2. The van der Waals surface area contributed by atoms with Crippen LogP contribution in [0, 0.1) is 0 Å². The van der Waals surface area contributed by atoms with Gasteiger partial charge in [0.25, 0.3) is 0 Å². The summed E-state index contributed by atoms with van der Waals surface area (Å²) in [5.74, 6) is -0.121. The fourth-order valence-corrected chi connectivity index (χ4v) is 1.57. The third-order valence-electron chi connectivity index (χ3n) is 2.47. The van der Waals surface area contributed by atoms with Gasteiger partial charge >= 0.3 is 0 Å². The molecule has 0 saturated heterocycles. The van der Waals surface area contributed by atoms with E-state index >= 15 is 0 Å². The van der Waals surface area contributed by atoms with Crippen molar-refractivity contribution in [1.82, 2.24) is 10.2 Å². The van der Waals surface area contributed by atoms with E-state index in [9.17, 15) is 4.79 Å². The van der Waals surface area contributed by atoms with Crippen molar-refractivity contribution in [3.63, 3.8) is 0 Å². The van der Waals surface area contributed by atoms with E-state index in [2.05, 4.69) is 16.3 Å². The number of rotatable bonds is 5. The minimum absolute atomic E-state index is 0.121. The Morgan fingerprint density at radius 1 is 1.35 bits per heavy atom. The molecule has 17 heavy (non-hydrogen) atoms. The minimum Gasteiger partial charge on any atom is -0.351 e. The van der Waals surface area contributed by atoms with Gasteiger partial charge in [-0.05, 0) is 32.1 Å². The summed E-state index contributed by atoms with van der Waals surface area (Å²) in [5, 5.41) is 2.83. The lowest BCUT2D eigenvalue weighted by atomic mass is 10.1. The van der Waals surface area contributed by atoms with Crippen molar-refractivity contribution < 1.29 is 4.79 Å². The summed E-state index contributed by atoms with van der Waals surface area (Å²) in [6, 6.07) is 7.63. The fraction of sp³-hybridized carbons (Fsp3) is 0.462. The van der Waals surface area contributed by atoms with Gasteiger partial charge in [0.05, 0.1) is 6.04 Å². The summed E-state index contributed by atoms with van der Waals surface area (Å²) < 4.78 is 0. The van der Waals surface area contributed by atoms with E-state index in [4.69, 9.17) is 5.73 Å². The second-order valence-electron chi connectivity index (χ2n) is 4.51. The first-order chi connectivity index (χ1) is 8.00. The molecular formula is C13H21N3O. The summed E-state index contributed by atoms with van der Waals surface area (Å²) in [5.41, 5.74) is 7.86. The van der Waals surface area contributed by atoms with E-state index in [0.29, 0.717) is 6.54 Å². The summed E-state index contributed by atoms with van der Waals surface area (Å²) in [4.78, 5) is 13.5. The largest absolute Gasteiger partial charge is 0.351 e. The number of benzene rings is 1. The Labute approximate surface area is 103 Å². The van der Waals surface area contributed by atoms with Gasteiger partial charge in [-0.25, -0.2) is 0 Å². The van der Waals surface area contributed by atoms with Gasteiger partial charge in [-0.15, -0.1) is 0 Å². The zero-order valence-corrected chi connectivity index (χ0v) is 10.7. The number of carbonyl (C=O) groups excluding carboxylic acids is 1. The van der Waals surface area contributed by atoms with E-state index in [0.717, 1.165) is 12.1 Å². The average Bonchev–Trinajstić information content (AvgIpc) is 2.26. The Morgan fingerprint density at radius 3 is 2.47 bits per heavy atom. The van der Waals surface area contributed by atoms with Crippen LogP contribution < -0.4 is 11.1 Å². The molecule has 0 spiro atoms. The zero-order chi connectivity index (χ0) is 12.8. The van der Waals surface area contributed by atoms with Crippen LogP contribution in [0.2, 0.25) is 0 Å². The number of nitrogens with zero attached hydrogens (tertiary/aromatic N) is 1. The molecule has 3 N–H and O–H groups in total. The fourth-order valence-electron chi connectivity index (χ4n) is 1.57. The van der Waals surface area contributed by atoms with Gasteiger partial charge in [0.15, 0.2) is 0 Å². The topological polar surface area (TPSA) is 58.4 Å². The number of nitrogens with two attached hydrogens (primary N) is 1. The Bertz CT molecular complexity index is 375. The molecule has 0 aliphatic carbocycles. The first-order valence-electron chi connectivity index (χ1n) is 5.75. The maximum absolute atomic E-state index is 11.4. The van der Waals surface area contributed by atoms with Crippen LogP contribution in [0.1, 0.15) is 18.1 Å². The zero-order valence-electron chi connectivity index (χ0n) is 10.7. The molecule has 0 fully saturated rings. The predicted molar refractivity (Wildman–Crippen MR) is 69.3 cm³/mol. The predicted octanol–water partition coefficient (Wildman–Crippen LogP) is 0.712. The van der Waals surface area contributed by atoms with Crippen molar-refractivity contribution in [2.75, 3.05) is 14.1 Å². The smallest absolute Gasteiger partial charge is 0.236 e. The molecule has 0 radical (unpaired) electrons. The van der Waals surface area contributed by atoms with E-state index in [-0.39, 0.29) is 5.91 Å². The van der Waals surface area contributed by atoms with Crippen molar-refractivity contribution >= 4 is 5.91 Å². The molecular weight excluding hydrogens is 214 g/mol. The van der Waals surface area contributed by atoms with Crippen LogP contribution in [-0.2, 0) is 17.9 Å². The molecule has 0 bridgehead atoms. The second-order valence-corrected chi connectivity index (χ2v) is 4.51. The third kappa shape index (κ3) is 4.54. The Morgan fingerprint density at radius 2 is 1.94 bits per heavy atom. The van der Waals surface area contributed by atoms with Crippen molar-refractivity contribution in [2.24, 2.45) is 5.73 Å². The second kappa shape index (κ2) is 6.37. The molecule has 0 unspecified atom stereocenters. The van der Waals surface area contributed by atoms with Crippen LogP contribution in [-0.4, -0.2) is 30.9 Å². The highest BCUT2D eigenvalue weighted by atomic mass is 16.2. The summed E-state index contributed by atoms with van der Waals surface area (Å²) in [6.45, 7) is 3.08. The van der Waals surface area contributed by atoms with Crippen molar-refractivity contribution in [3.8, 4) is 0 Å². The molecule has 1 aromatic carbocycles. The van der Waals surface area contributed by atoms with Crippen LogP contribution in [0.4, 0.5) is 0 Å². The highest BCUT2D eigenvalue weighted by Gasteiger charge is 2.08. The van der Waals surface area contributed by atoms with Crippen molar-refractivity contribution in [3.05, 3.63) is 35.4 Å². The lowest BCUT2D eigenvalue weighted by molar-refractivity contribution is -0.122. The molecule has 0 saturated carbocycles. The summed E-state index contributed by atoms with van der Waals surface area (Å²) in [7, 11) is 4.05. The normalized spacial score (nSPS) is 12.5. The van der Waals surface area contributed by atoms with Crippen LogP contribution in [0.5, 0.6) is 0 Å². The molecule has 1 amide bonds. The van der Waals surface area contributed by atoms with Crippen LogP contribution in [0.15, 0.2) is 24.3 Å². The standard InChI is InChI=1S/C13H21N3O/c1-10(14)13(17)15-8-11-6-4-5-7-12(11)9-16(2)3/h4-7,10H,8-9,14H2,1-3H3,(H,15,17)/t10-/m0/s1. The monoisotopic (exact) mass is 235 g/mol. The van der Waals surface area contributed by atoms with Gasteiger partial charge in [0, 0.05) is 13.1 Å². The molecule has 4 heteroatoms. The van der Waals surface area contributed by atoms with Gasteiger partial charge in [-0.3, -0.25) is 4.79 Å². The quantitative estimate of drug-likeness (QED) is 0.790. The molecule has 0 heterocycles. The van der Waals surface area contributed by atoms with Gasteiger partial charge in [0.2, 0.25) is 5.91 Å². The van der Waals surface area contributed by atoms with E-state index in [1.54, 1.807) is 6.92 Å². The maximum atomic E-state index is 11.4. The highest BCUT2D eigenvalue weighted by molar-refractivity contribution is 5.80. The van der Waals surface area contributed by atoms with Gasteiger partial charge < -0.3 is 16.0 Å². The molecule has 1 atom stereocenters. The molecule has 1 rings (SSSR count). The first-order valence-corrected chi connectivity index (χ1v) is 5.75. The van der Waals surface area contributed by atoms with Crippen LogP contribution in [0.3, 0.4) is 0 Å². The minimum atomic E-state index is -0.462. The van der Waals surface area contributed by atoms with Crippen molar-refractivity contribution in [1.29, 1.82) is 0 Å². The number of amides is 1. The lowest BCUT2D eigenvalue weighted by Crippen LogP contribution is -2.38. The summed E-state index contributed by atoms with van der Waals surface area (Å²) in [6.07, 6.45) is 0. The maximum Gasteiger partial charge on any atom is 0.236 e. The average molecular weight is 235 g/mol. The SMILES string of the molecule is C[C@H](N)C(=O)NCc1ccccc1CN(C)C. The van der Waals surface area contributed by atoms with E-state index in [1.807, 2.05) is 32.3 Å². The third-order valence-corrected chi connectivity index (χ3v) is 2.47. The molecule has 0 aromatic heterocycles. The number of carbonyl (C=O) groups is 1.